The second kappa shape index (κ2) is 14.6. The average Bonchev–Trinajstić information content (AvgIpc) is 3.18. The molecule has 1 unspecified atom stereocenters. The molecule has 0 saturated carbocycles. The number of nitrogens with one attached hydrogen (secondary N) is 2. The van der Waals surface area contributed by atoms with E-state index in [0.717, 1.165) is 17.5 Å². The van der Waals surface area contributed by atoms with Gasteiger partial charge in [0.05, 0.1) is 11.8 Å². The molecule has 1 aliphatic rings. The third kappa shape index (κ3) is 9.32. The SMILES string of the molecule is CC(C)C[C@H]1[C@H](CCCc2ccccc2)[C@@H](P(=O)([O-])O)N[C@@H]1C(=O)N[C@@H](Cc1ccccc1)C(=O)O.[Na+]. The Morgan fingerprint density at radius 2 is 1.59 bits per heavy atom. The molecule has 2 aromatic carbocycles. The van der Waals surface area contributed by atoms with Crippen LogP contribution >= 0.6 is 7.60 Å². The summed E-state index contributed by atoms with van der Waals surface area (Å²) in [5.74, 6) is -3.66. The first-order valence-corrected chi connectivity index (χ1v) is 14.1. The van der Waals surface area contributed by atoms with Crippen LogP contribution in [0.4, 0.5) is 0 Å². The maximum Gasteiger partial charge on any atom is 1.00 e. The van der Waals surface area contributed by atoms with Crippen molar-refractivity contribution < 1.29 is 58.6 Å². The summed E-state index contributed by atoms with van der Waals surface area (Å²) < 4.78 is 12.3. The molecule has 3 rings (SSSR count). The van der Waals surface area contributed by atoms with E-state index in [1.807, 2.05) is 50.2 Å². The van der Waals surface area contributed by atoms with Gasteiger partial charge in [-0.05, 0) is 54.6 Å². The van der Waals surface area contributed by atoms with Crippen LogP contribution in [0.5, 0.6) is 0 Å². The summed E-state index contributed by atoms with van der Waals surface area (Å²) in [5.41, 5.74) is 1.90. The number of amides is 1. The van der Waals surface area contributed by atoms with Crippen molar-refractivity contribution in [2.45, 2.75) is 63.8 Å². The Kier molecular flexibility index (Phi) is 12.5. The average molecular weight is 539 g/mol. The number of carbonyl (C=O) groups is 2. The zero-order valence-electron chi connectivity index (χ0n) is 21.7. The summed E-state index contributed by atoms with van der Waals surface area (Å²) in [6.07, 6.45) is 2.62. The Morgan fingerprint density at radius 3 is 2.11 bits per heavy atom. The summed E-state index contributed by atoms with van der Waals surface area (Å²) in [6, 6.07) is 16.8. The molecule has 37 heavy (non-hydrogen) atoms. The van der Waals surface area contributed by atoms with Crippen LogP contribution in [0.1, 0.15) is 44.2 Å². The third-order valence-corrected chi connectivity index (χ3v) is 8.09. The Morgan fingerprint density at radius 1 is 1.03 bits per heavy atom. The first kappa shape index (κ1) is 31.7. The maximum atomic E-state index is 13.3. The standard InChI is InChI=1S/C27H37N2O6P.Na/c1-18(2)16-22-21(15-9-14-19-10-5-3-6-11-19)26(36(33,34)35)29-24(22)25(30)28-23(27(31)32)17-20-12-7-4-8-13-20;/h3-8,10-13,18,21-24,26,29H,9,14-17H2,1-2H3,(H,28,30)(H,31,32)(H2,33,34,35);/q;+1/p-1/t21-,22-,23-,24-,26+;/m0./s1. The number of aliphatic carboxylic acids is 1. The fourth-order valence-electron chi connectivity index (χ4n) is 5.24. The minimum Gasteiger partial charge on any atom is -0.778 e. The van der Waals surface area contributed by atoms with Gasteiger partial charge < -0.3 is 24.8 Å². The van der Waals surface area contributed by atoms with E-state index in [4.69, 9.17) is 0 Å². The van der Waals surface area contributed by atoms with Crippen LogP contribution in [0.25, 0.3) is 0 Å². The van der Waals surface area contributed by atoms with Crippen molar-refractivity contribution in [2.75, 3.05) is 0 Å². The van der Waals surface area contributed by atoms with Crippen molar-refractivity contribution in [1.82, 2.24) is 10.6 Å². The van der Waals surface area contributed by atoms with Crippen molar-refractivity contribution in [1.29, 1.82) is 0 Å². The molecule has 1 saturated heterocycles. The van der Waals surface area contributed by atoms with Crippen LogP contribution in [-0.2, 0) is 27.0 Å². The Bertz CT molecular complexity index is 1050. The van der Waals surface area contributed by atoms with Crippen LogP contribution in [0.15, 0.2) is 60.7 Å². The van der Waals surface area contributed by atoms with Crippen molar-refractivity contribution >= 4 is 19.5 Å². The number of aryl methyl sites for hydroxylation is 1. The molecule has 1 heterocycles. The van der Waals surface area contributed by atoms with Gasteiger partial charge in [-0.15, -0.1) is 0 Å². The number of hydrogen-bond acceptors (Lipinski definition) is 5. The van der Waals surface area contributed by atoms with Gasteiger partial charge in [0.1, 0.15) is 13.6 Å². The first-order valence-electron chi connectivity index (χ1n) is 12.5. The molecule has 0 radical (unpaired) electrons. The van der Waals surface area contributed by atoms with E-state index >= 15 is 0 Å². The number of benzene rings is 2. The quantitative estimate of drug-likeness (QED) is 0.220. The molecule has 1 fully saturated rings. The Hall–Kier alpha value is -1.51. The zero-order chi connectivity index (χ0) is 26.3. The molecule has 2 aromatic rings. The van der Waals surface area contributed by atoms with E-state index in [9.17, 15) is 29.0 Å². The molecule has 1 aliphatic heterocycles. The monoisotopic (exact) mass is 538 g/mol. The van der Waals surface area contributed by atoms with Gasteiger partial charge in [0.25, 0.3) is 0 Å². The topological polar surface area (TPSA) is 139 Å². The fraction of sp³-hybridized carbons (Fsp3) is 0.481. The Balaban J connectivity index is 0.00000481. The number of carboxylic acid groups (broad SMARTS) is 1. The molecule has 0 spiro atoms. The van der Waals surface area contributed by atoms with Gasteiger partial charge in [0.15, 0.2) is 0 Å². The van der Waals surface area contributed by atoms with Gasteiger partial charge in [0, 0.05) is 6.42 Å². The second-order valence-electron chi connectivity index (χ2n) is 10.1. The summed E-state index contributed by atoms with van der Waals surface area (Å²) >= 11 is 0. The van der Waals surface area contributed by atoms with Crippen LogP contribution in [0, 0.1) is 17.8 Å². The summed E-state index contributed by atoms with van der Waals surface area (Å²) in [7, 11) is -4.80. The van der Waals surface area contributed by atoms with Crippen LogP contribution in [0.2, 0.25) is 0 Å². The Labute approximate surface area is 241 Å². The van der Waals surface area contributed by atoms with Gasteiger partial charge in [-0.25, -0.2) is 4.79 Å². The molecule has 0 aliphatic carbocycles. The predicted octanol–water partition coefficient (Wildman–Crippen LogP) is -0.0525. The molecular formula is C27H36N2NaO6P. The predicted molar refractivity (Wildman–Crippen MR) is 136 cm³/mol. The number of carboxylic acids is 1. The number of carbonyl (C=O) groups excluding carboxylic acids is 1. The normalized spacial score (nSPS) is 23.6. The van der Waals surface area contributed by atoms with Crippen LogP contribution < -0.4 is 45.1 Å². The van der Waals surface area contributed by atoms with Crippen LogP contribution in [-0.4, -0.2) is 39.7 Å². The van der Waals surface area contributed by atoms with Gasteiger partial charge >= 0.3 is 35.5 Å². The van der Waals surface area contributed by atoms with Crippen molar-refractivity contribution in [3.63, 3.8) is 0 Å². The van der Waals surface area contributed by atoms with Crippen LogP contribution in [0.3, 0.4) is 0 Å². The molecule has 6 atom stereocenters. The number of rotatable bonds is 12. The molecule has 8 nitrogen and oxygen atoms in total. The van der Waals surface area contributed by atoms with E-state index in [1.165, 1.54) is 0 Å². The van der Waals surface area contributed by atoms with Gasteiger partial charge in [-0.3, -0.25) is 10.1 Å². The van der Waals surface area contributed by atoms with E-state index < -0.39 is 43.3 Å². The maximum absolute atomic E-state index is 13.3. The molecule has 1 amide bonds. The number of hydrogen-bond donors (Lipinski definition) is 4. The minimum absolute atomic E-state index is 0. The summed E-state index contributed by atoms with van der Waals surface area (Å²) in [5, 5.41) is 15.2. The van der Waals surface area contributed by atoms with Gasteiger partial charge in [0.2, 0.25) is 5.91 Å². The molecular weight excluding hydrogens is 502 g/mol. The minimum atomic E-state index is -4.80. The summed E-state index contributed by atoms with van der Waals surface area (Å²) in [6.45, 7) is 3.99. The van der Waals surface area contributed by atoms with Crippen molar-refractivity contribution in [2.24, 2.45) is 17.8 Å². The van der Waals surface area contributed by atoms with Crippen molar-refractivity contribution in [3.05, 3.63) is 71.8 Å². The molecule has 4 N–H and O–H groups in total. The molecule has 0 aromatic heterocycles. The third-order valence-electron chi connectivity index (χ3n) is 6.85. The molecule has 10 heteroatoms. The fourth-order valence-corrected chi connectivity index (χ4v) is 6.45. The van der Waals surface area contributed by atoms with Gasteiger partial charge in [-0.1, -0.05) is 74.5 Å². The van der Waals surface area contributed by atoms with E-state index in [2.05, 4.69) is 10.6 Å². The smallest absolute Gasteiger partial charge is 0.778 e. The zero-order valence-corrected chi connectivity index (χ0v) is 24.6. The summed E-state index contributed by atoms with van der Waals surface area (Å²) in [4.78, 5) is 47.6. The van der Waals surface area contributed by atoms with Crippen molar-refractivity contribution in [3.8, 4) is 0 Å². The largest absolute Gasteiger partial charge is 1.00 e. The second-order valence-corrected chi connectivity index (χ2v) is 11.8. The van der Waals surface area contributed by atoms with E-state index in [-0.39, 0.29) is 47.8 Å². The first-order chi connectivity index (χ1) is 17.1. The van der Waals surface area contributed by atoms with E-state index in [0.29, 0.717) is 19.3 Å². The van der Waals surface area contributed by atoms with Gasteiger partial charge in [-0.2, -0.15) is 0 Å². The molecule has 0 bridgehead atoms. The molecule has 196 valence electrons. The van der Waals surface area contributed by atoms with E-state index in [1.54, 1.807) is 24.3 Å².